The zero-order chi connectivity index (χ0) is 39.6. The van der Waals surface area contributed by atoms with Crippen LogP contribution in [0.15, 0.2) is 49.1 Å². The van der Waals surface area contributed by atoms with E-state index in [1.54, 1.807) is 51.1 Å². The van der Waals surface area contributed by atoms with Gasteiger partial charge in [-0.15, -0.1) is 0 Å². The molecule has 19 nitrogen and oxygen atoms in total. The van der Waals surface area contributed by atoms with Crippen LogP contribution in [0.1, 0.15) is 52.0 Å². The Hall–Kier alpha value is -6.01. The van der Waals surface area contributed by atoms with Crippen molar-refractivity contribution in [3.8, 4) is 0 Å². The zero-order valence-electron chi connectivity index (χ0n) is 30.5. The standard InChI is InChI=1S/C34H47N7O12/c1-34(2,3)52-33(49)39-25(32(48)51-6)19-27(43)38-24(18-22-10-8-7-9-11-22)30(46)36-15-14-26(42)37-23(31(47)50-5)12-13-28(44)40(4)20-29(45)53-41-17-16-35-21-41/h7-11,16-17,21,23-25H,12-15,18-20H2,1-6H3,(H,36,46)(H,37,42)(H,38,43)(H,39,49)/t23-,24+,25-/m1/s1. The van der Waals surface area contributed by atoms with Gasteiger partial charge in [0, 0.05) is 39.1 Å². The molecule has 0 aliphatic rings. The average molecular weight is 746 g/mol. The third-order valence-electron chi connectivity index (χ3n) is 7.10. The SMILES string of the molecule is COC(=O)[C@@H](CCC(=O)N(C)CC(=O)On1ccnc1)NC(=O)CCNC(=O)[C@H](Cc1ccccc1)NC(=O)C[C@@H](NC(=O)OC(C)(C)C)C(=O)OC. The lowest BCUT2D eigenvalue weighted by Crippen LogP contribution is -2.51. The predicted molar refractivity (Wildman–Crippen MR) is 184 cm³/mol. The summed E-state index contributed by atoms with van der Waals surface area (Å²) in [6.07, 6.45) is 1.92. The third kappa shape index (κ3) is 16.7. The number of imidazole rings is 1. The van der Waals surface area contributed by atoms with E-state index in [0.29, 0.717) is 5.56 Å². The minimum atomic E-state index is -1.41. The Kier molecular flexibility index (Phi) is 17.4. The number of ether oxygens (including phenoxy) is 3. The maximum atomic E-state index is 13.3. The minimum absolute atomic E-state index is 0.0428. The van der Waals surface area contributed by atoms with E-state index >= 15 is 0 Å². The van der Waals surface area contributed by atoms with Crippen LogP contribution in [0.3, 0.4) is 0 Å². The van der Waals surface area contributed by atoms with E-state index in [-0.39, 0.29) is 38.8 Å². The molecule has 0 aliphatic carbocycles. The molecule has 19 heteroatoms. The van der Waals surface area contributed by atoms with Crippen LogP contribution in [-0.4, -0.2) is 120 Å². The maximum Gasteiger partial charge on any atom is 0.408 e. The van der Waals surface area contributed by atoms with Crippen molar-refractivity contribution in [2.45, 2.75) is 76.6 Å². The average Bonchev–Trinajstić information content (AvgIpc) is 3.60. The smallest absolute Gasteiger partial charge is 0.408 e. The predicted octanol–water partition coefficient (Wildman–Crippen LogP) is -0.575. The molecule has 0 radical (unpaired) electrons. The highest BCUT2D eigenvalue weighted by molar-refractivity contribution is 5.92. The number of hydrogen-bond donors (Lipinski definition) is 4. The number of benzene rings is 1. The summed E-state index contributed by atoms with van der Waals surface area (Å²) in [5.41, 5.74) is -0.182. The molecule has 2 aromatic rings. The monoisotopic (exact) mass is 745 g/mol. The highest BCUT2D eigenvalue weighted by atomic mass is 16.7. The number of alkyl carbamates (subject to hydrolysis) is 1. The van der Waals surface area contributed by atoms with E-state index in [0.717, 1.165) is 23.8 Å². The quantitative estimate of drug-likeness (QED) is 0.104. The highest BCUT2D eigenvalue weighted by Gasteiger charge is 2.30. The first-order chi connectivity index (χ1) is 25.0. The molecular formula is C34H47N7O12. The summed E-state index contributed by atoms with van der Waals surface area (Å²) in [5.74, 6) is -5.03. The molecule has 1 aromatic carbocycles. The molecule has 1 aromatic heterocycles. The van der Waals surface area contributed by atoms with Crippen molar-refractivity contribution in [3.63, 3.8) is 0 Å². The summed E-state index contributed by atoms with van der Waals surface area (Å²) in [5, 5.41) is 9.92. The lowest BCUT2D eigenvalue weighted by atomic mass is 10.0. The number of rotatable bonds is 19. The maximum absolute atomic E-state index is 13.3. The molecule has 5 amide bonds. The van der Waals surface area contributed by atoms with Gasteiger partial charge in [0.1, 0.15) is 36.6 Å². The first-order valence-corrected chi connectivity index (χ1v) is 16.5. The zero-order valence-corrected chi connectivity index (χ0v) is 30.5. The van der Waals surface area contributed by atoms with Gasteiger partial charge in [0.25, 0.3) is 0 Å². The molecule has 0 aliphatic heterocycles. The van der Waals surface area contributed by atoms with E-state index in [2.05, 4.69) is 26.3 Å². The summed E-state index contributed by atoms with van der Waals surface area (Å²) in [6, 6.07) is 4.96. The number of nitrogens with one attached hydrogen (secondary N) is 4. The third-order valence-corrected chi connectivity index (χ3v) is 7.10. The van der Waals surface area contributed by atoms with Crippen LogP contribution in [0.2, 0.25) is 0 Å². The second-order valence-corrected chi connectivity index (χ2v) is 12.6. The fraction of sp³-hybridized carbons (Fsp3) is 0.500. The molecule has 0 spiro atoms. The Morgan fingerprint density at radius 3 is 2.09 bits per heavy atom. The second kappa shape index (κ2) is 21.4. The summed E-state index contributed by atoms with van der Waals surface area (Å²) in [6.45, 7) is 4.28. The number of amides is 5. The Morgan fingerprint density at radius 2 is 1.49 bits per heavy atom. The molecule has 290 valence electrons. The van der Waals surface area contributed by atoms with Crippen LogP contribution in [0, 0.1) is 0 Å². The van der Waals surface area contributed by atoms with Crippen molar-refractivity contribution < 1.29 is 57.4 Å². The van der Waals surface area contributed by atoms with Crippen LogP contribution >= 0.6 is 0 Å². The Balaban J connectivity index is 1.97. The van der Waals surface area contributed by atoms with E-state index in [1.165, 1.54) is 25.8 Å². The molecule has 0 fully saturated rings. The van der Waals surface area contributed by atoms with Crippen LogP contribution in [0.5, 0.6) is 0 Å². The van der Waals surface area contributed by atoms with Crippen molar-refractivity contribution in [1.29, 1.82) is 0 Å². The van der Waals surface area contributed by atoms with Crippen molar-refractivity contribution in [2.75, 3.05) is 34.4 Å². The molecule has 4 N–H and O–H groups in total. The molecule has 0 unspecified atom stereocenters. The summed E-state index contributed by atoms with van der Waals surface area (Å²) in [4.78, 5) is 111. The molecule has 53 heavy (non-hydrogen) atoms. The van der Waals surface area contributed by atoms with Crippen LogP contribution in [0.4, 0.5) is 4.79 Å². The molecule has 3 atom stereocenters. The number of likely N-dealkylation sites (N-methyl/N-ethyl adjacent to an activating group) is 1. The van der Waals surface area contributed by atoms with Gasteiger partial charge in [-0.1, -0.05) is 30.3 Å². The summed E-state index contributed by atoms with van der Waals surface area (Å²) >= 11 is 0. The first kappa shape index (κ1) is 43.2. The van der Waals surface area contributed by atoms with Crippen molar-refractivity contribution in [1.82, 2.24) is 35.9 Å². The van der Waals surface area contributed by atoms with E-state index < -0.39 is 77.8 Å². The number of esters is 2. The molecule has 0 saturated heterocycles. The van der Waals surface area contributed by atoms with Crippen LogP contribution in [0.25, 0.3) is 0 Å². The number of aromatic nitrogens is 2. The van der Waals surface area contributed by atoms with Crippen molar-refractivity contribution >= 4 is 47.6 Å². The first-order valence-electron chi connectivity index (χ1n) is 16.5. The van der Waals surface area contributed by atoms with E-state index in [4.69, 9.17) is 19.0 Å². The molecular weight excluding hydrogens is 698 g/mol. The lowest BCUT2D eigenvalue weighted by molar-refractivity contribution is -0.149. The largest absolute Gasteiger partial charge is 0.467 e. The van der Waals surface area contributed by atoms with Crippen LogP contribution in [-0.2, 0) is 54.2 Å². The van der Waals surface area contributed by atoms with Gasteiger partial charge in [0.2, 0.25) is 23.6 Å². The highest BCUT2D eigenvalue weighted by Crippen LogP contribution is 2.09. The Labute approximate surface area is 306 Å². The molecule has 2 rings (SSSR count). The van der Waals surface area contributed by atoms with Gasteiger partial charge >= 0.3 is 24.0 Å². The van der Waals surface area contributed by atoms with E-state index in [9.17, 15) is 38.4 Å². The number of hydrogen-bond acceptors (Lipinski definition) is 13. The fourth-order valence-corrected chi connectivity index (χ4v) is 4.55. The van der Waals surface area contributed by atoms with Crippen LogP contribution < -0.4 is 26.1 Å². The van der Waals surface area contributed by atoms with Crippen molar-refractivity contribution in [3.05, 3.63) is 54.6 Å². The number of methoxy groups -OCH3 is 2. The van der Waals surface area contributed by atoms with Gasteiger partial charge < -0.3 is 45.2 Å². The molecule has 1 heterocycles. The molecule has 0 saturated carbocycles. The minimum Gasteiger partial charge on any atom is -0.467 e. The van der Waals surface area contributed by atoms with Gasteiger partial charge in [-0.05, 0) is 32.8 Å². The normalized spacial score (nSPS) is 12.5. The topological polar surface area (TPSA) is 243 Å². The summed E-state index contributed by atoms with van der Waals surface area (Å²) in [7, 11) is 3.57. The van der Waals surface area contributed by atoms with Gasteiger partial charge in [-0.2, -0.15) is 4.73 Å². The Bertz CT molecular complexity index is 1560. The Morgan fingerprint density at radius 1 is 0.849 bits per heavy atom. The number of carbonyl (C=O) groups excluding carboxylic acids is 8. The number of carbonyl (C=O) groups is 8. The summed E-state index contributed by atoms with van der Waals surface area (Å²) < 4.78 is 15.7. The van der Waals surface area contributed by atoms with E-state index in [1.807, 2.05) is 0 Å². The van der Waals surface area contributed by atoms with Crippen molar-refractivity contribution in [2.24, 2.45) is 0 Å². The fourth-order valence-electron chi connectivity index (χ4n) is 4.55. The lowest BCUT2D eigenvalue weighted by Gasteiger charge is -2.23. The van der Waals surface area contributed by atoms with Gasteiger partial charge in [-0.3, -0.25) is 19.2 Å². The van der Waals surface area contributed by atoms with Gasteiger partial charge in [0.05, 0.1) is 26.8 Å². The molecule has 0 bridgehead atoms. The number of nitrogens with zero attached hydrogens (tertiary/aromatic N) is 3. The second-order valence-electron chi connectivity index (χ2n) is 12.6. The van der Waals surface area contributed by atoms with Gasteiger partial charge in [0.15, 0.2) is 0 Å². The van der Waals surface area contributed by atoms with Gasteiger partial charge in [-0.25, -0.2) is 24.2 Å².